The maximum Gasteiger partial charge on any atom is 0.239 e. The van der Waals surface area contributed by atoms with Crippen LogP contribution in [-0.4, -0.2) is 20.1 Å². The van der Waals surface area contributed by atoms with Gasteiger partial charge in [0, 0.05) is 12.1 Å². The van der Waals surface area contributed by atoms with Gasteiger partial charge in [-0.05, 0) is 36.6 Å². The van der Waals surface area contributed by atoms with E-state index in [2.05, 4.69) is 0 Å². The maximum atomic E-state index is 13.0. The van der Waals surface area contributed by atoms with Gasteiger partial charge in [0.1, 0.15) is 5.82 Å². The van der Waals surface area contributed by atoms with E-state index in [4.69, 9.17) is 0 Å². The molecular formula is C17H18FNO3S. The quantitative estimate of drug-likeness (QED) is 0.938. The number of para-hydroxylation sites is 1. The van der Waals surface area contributed by atoms with Gasteiger partial charge in [0.25, 0.3) is 0 Å². The number of rotatable bonds is 3. The van der Waals surface area contributed by atoms with Crippen LogP contribution in [0.2, 0.25) is 0 Å². The summed E-state index contributed by atoms with van der Waals surface area (Å²) in [4.78, 5) is 0. The zero-order valence-electron chi connectivity index (χ0n) is 12.7. The van der Waals surface area contributed by atoms with Crippen molar-refractivity contribution < 1.29 is 17.9 Å². The zero-order chi connectivity index (χ0) is 16.6. The Labute approximate surface area is 135 Å². The number of anilines is 1. The predicted molar refractivity (Wildman–Crippen MR) is 87.1 cm³/mol. The molecule has 122 valence electrons. The van der Waals surface area contributed by atoms with Crippen molar-refractivity contribution in [2.75, 3.05) is 10.8 Å². The van der Waals surface area contributed by atoms with Crippen LogP contribution in [0.5, 0.6) is 0 Å². The van der Waals surface area contributed by atoms with Gasteiger partial charge in [0.15, 0.2) is 0 Å². The van der Waals surface area contributed by atoms with Crippen LogP contribution in [0, 0.1) is 12.7 Å². The number of aliphatic hydroxyl groups is 1. The standard InChI is InChI=1S/C17H18FNO3S/c1-12-3-2-4-15-16(20)9-10-19(17(12)15)23(21,22)11-13-5-7-14(18)8-6-13/h2-8,16,20H,9-11H2,1H3. The maximum absolute atomic E-state index is 13.0. The number of aliphatic hydroxyl groups excluding tert-OH is 1. The number of hydrogen-bond acceptors (Lipinski definition) is 3. The van der Waals surface area contributed by atoms with Gasteiger partial charge in [-0.1, -0.05) is 30.3 Å². The van der Waals surface area contributed by atoms with E-state index in [1.807, 2.05) is 19.1 Å². The molecular weight excluding hydrogens is 317 g/mol. The lowest BCUT2D eigenvalue weighted by molar-refractivity contribution is 0.166. The molecule has 1 N–H and O–H groups in total. The SMILES string of the molecule is Cc1cccc2c1N(S(=O)(=O)Cc1ccc(F)cc1)CCC2O. The minimum atomic E-state index is -3.61. The molecule has 1 aliphatic heterocycles. The second-order valence-corrected chi connectivity index (χ2v) is 7.67. The molecule has 2 aromatic rings. The highest BCUT2D eigenvalue weighted by Gasteiger charge is 2.32. The van der Waals surface area contributed by atoms with Gasteiger partial charge in [0.05, 0.1) is 17.5 Å². The lowest BCUT2D eigenvalue weighted by atomic mass is 9.98. The average Bonchev–Trinajstić information content (AvgIpc) is 2.50. The predicted octanol–water partition coefficient (Wildman–Crippen LogP) is 2.91. The third-order valence-electron chi connectivity index (χ3n) is 4.08. The summed E-state index contributed by atoms with van der Waals surface area (Å²) in [5.41, 5.74) is 2.55. The van der Waals surface area contributed by atoms with Gasteiger partial charge in [-0.25, -0.2) is 12.8 Å². The van der Waals surface area contributed by atoms with Crippen LogP contribution >= 0.6 is 0 Å². The van der Waals surface area contributed by atoms with Gasteiger partial charge >= 0.3 is 0 Å². The number of nitrogens with zero attached hydrogens (tertiary/aromatic N) is 1. The Morgan fingerprint density at radius 3 is 2.61 bits per heavy atom. The van der Waals surface area contributed by atoms with Gasteiger partial charge in [-0.15, -0.1) is 0 Å². The molecule has 0 saturated carbocycles. The largest absolute Gasteiger partial charge is 0.388 e. The molecule has 0 spiro atoms. The van der Waals surface area contributed by atoms with Crippen molar-refractivity contribution in [3.05, 3.63) is 65.0 Å². The Morgan fingerprint density at radius 2 is 1.91 bits per heavy atom. The molecule has 0 aliphatic carbocycles. The number of aryl methyl sites for hydroxylation is 1. The third kappa shape index (κ3) is 3.09. The van der Waals surface area contributed by atoms with Gasteiger partial charge in [-0.2, -0.15) is 0 Å². The van der Waals surface area contributed by atoms with Crippen LogP contribution in [0.4, 0.5) is 10.1 Å². The lowest BCUT2D eigenvalue weighted by Gasteiger charge is -2.34. The second-order valence-electron chi connectivity index (χ2n) is 5.77. The minimum absolute atomic E-state index is 0.197. The molecule has 0 fully saturated rings. The second kappa shape index (κ2) is 5.94. The summed E-state index contributed by atoms with van der Waals surface area (Å²) in [6.45, 7) is 2.07. The summed E-state index contributed by atoms with van der Waals surface area (Å²) in [7, 11) is -3.61. The molecule has 3 rings (SSSR count). The topological polar surface area (TPSA) is 57.6 Å². The number of sulfonamides is 1. The molecule has 0 aromatic heterocycles. The molecule has 0 saturated heterocycles. The highest BCUT2D eigenvalue weighted by Crippen LogP contribution is 2.38. The highest BCUT2D eigenvalue weighted by molar-refractivity contribution is 7.92. The highest BCUT2D eigenvalue weighted by atomic mass is 32.2. The summed E-state index contributed by atoms with van der Waals surface area (Å²) < 4.78 is 40.0. The van der Waals surface area contributed by atoms with Gasteiger partial charge in [0.2, 0.25) is 10.0 Å². The monoisotopic (exact) mass is 335 g/mol. The average molecular weight is 335 g/mol. The molecule has 0 bridgehead atoms. The first-order chi connectivity index (χ1) is 10.9. The van der Waals surface area contributed by atoms with Crippen LogP contribution in [0.25, 0.3) is 0 Å². The molecule has 0 amide bonds. The fourth-order valence-corrected chi connectivity index (χ4v) is 4.63. The molecule has 1 atom stereocenters. The van der Waals surface area contributed by atoms with Gasteiger partial charge < -0.3 is 5.11 Å². The molecule has 0 radical (unpaired) electrons. The van der Waals surface area contributed by atoms with E-state index in [1.54, 1.807) is 6.07 Å². The van der Waals surface area contributed by atoms with E-state index in [9.17, 15) is 17.9 Å². The van der Waals surface area contributed by atoms with Crippen LogP contribution in [0.15, 0.2) is 42.5 Å². The summed E-state index contributed by atoms with van der Waals surface area (Å²) in [5, 5.41) is 10.1. The minimum Gasteiger partial charge on any atom is -0.388 e. The Balaban J connectivity index is 1.98. The van der Waals surface area contributed by atoms with Crippen molar-refractivity contribution in [3.63, 3.8) is 0 Å². The third-order valence-corrected chi connectivity index (χ3v) is 5.82. The van der Waals surface area contributed by atoms with E-state index in [-0.39, 0.29) is 12.3 Å². The number of hydrogen-bond donors (Lipinski definition) is 1. The molecule has 1 heterocycles. The van der Waals surface area contributed by atoms with Crippen molar-refractivity contribution in [2.24, 2.45) is 0 Å². The molecule has 1 unspecified atom stereocenters. The molecule has 1 aliphatic rings. The number of benzene rings is 2. The lowest BCUT2D eigenvalue weighted by Crippen LogP contribution is -2.38. The first-order valence-electron chi connectivity index (χ1n) is 7.41. The molecule has 2 aromatic carbocycles. The summed E-state index contributed by atoms with van der Waals surface area (Å²) in [6, 6.07) is 10.9. The van der Waals surface area contributed by atoms with Crippen molar-refractivity contribution in [1.29, 1.82) is 0 Å². The number of fused-ring (bicyclic) bond motifs is 1. The fraction of sp³-hybridized carbons (Fsp3) is 0.294. The van der Waals surface area contributed by atoms with Crippen LogP contribution in [0.1, 0.15) is 29.2 Å². The summed E-state index contributed by atoms with van der Waals surface area (Å²) in [5.74, 6) is -0.592. The van der Waals surface area contributed by atoms with Crippen LogP contribution in [0.3, 0.4) is 0 Å². The Kier molecular flexibility index (Phi) is 4.12. The van der Waals surface area contributed by atoms with E-state index in [1.165, 1.54) is 28.6 Å². The molecule has 6 heteroatoms. The van der Waals surface area contributed by atoms with E-state index >= 15 is 0 Å². The van der Waals surface area contributed by atoms with Crippen LogP contribution in [-0.2, 0) is 15.8 Å². The van der Waals surface area contributed by atoms with Crippen molar-refractivity contribution in [2.45, 2.75) is 25.2 Å². The van der Waals surface area contributed by atoms with E-state index in [0.29, 0.717) is 23.2 Å². The van der Waals surface area contributed by atoms with Crippen molar-refractivity contribution >= 4 is 15.7 Å². The Morgan fingerprint density at radius 1 is 1.22 bits per heavy atom. The normalized spacial score (nSPS) is 17.9. The summed E-state index contributed by atoms with van der Waals surface area (Å²) in [6.07, 6.45) is -0.291. The van der Waals surface area contributed by atoms with Crippen molar-refractivity contribution in [1.82, 2.24) is 0 Å². The Hall–Kier alpha value is -1.92. The van der Waals surface area contributed by atoms with E-state index in [0.717, 1.165) is 5.56 Å². The van der Waals surface area contributed by atoms with Crippen molar-refractivity contribution in [3.8, 4) is 0 Å². The van der Waals surface area contributed by atoms with E-state index < -0.39 is 21.9 Å². The molecule has 23 heavy (non-hydrogen) atoms. The summed E-state index contributed by atoms with van der Waals surface area (Å²) >= 11 is 0. The Bertz CT molecular complexity index is 818. The van der Waals surface area contributed by atoms with Crippen LogP contribution < -0.4 is 4.31 Å². The first kappa shape index (κ1) is 16.0. The zero-order valence-corrected chi connectivity index (χ0v) is 13.6. The van der Waals surface area contributed by atoms with Gasteiger partial charge in [-0.3, -0.25) is 4.31 Å². The molecule has 4 nitrogen and oxygen atoms in total. The number of halogens is 1. The fourth-order valence-electron chi connectivity index (χ4n) is 2.95. The smallest absolute Gasteiger partial charge is 0.239 e. The first-order valence-corrected chi connectivity index (χ1v) is 9.02.